The van der Waals surface area contributed by atoms with Crippen LogP contribution in [0.4, 0.5) is 11.4 Å². The van der Waals surface area contributed by atoms with Gasteiger partial charge in [0.25, 0.3) is 20.0 Å². The molecule has 0 aliphatic rings. The van der Waals surface area contributed by atoms with Crippen LogP contribution in [0.3, 0.4) is 0 Å². The van der Waals surface area contributed by atoms with Gasteiger partial charge in [-0.25, -0.2) is 16.8 Å². The molecule has 6 nitrogen and oxygen atoms in total. The van der Waals surface area contributed by atoms with Gasteiger partial charge in [-0.15, -0.1) is 22.7 Å². The summed E-state index contributed by atoms with van der Waals surface area (Å²) in [7, 11) is -7.52. The molecule has 2 aromatic heterocycles. The molecule has 2 heterocycles. The first-order valence-corrected chi connectivity index (χ1v) is 14.7. The average molecular weight is 529 g/mol. The van der Waals surface area contributed by atoms with Gasteiger partial charge in [0, 0.05) is 0 Å². The fraction of sp³-hybridized carbons (Fsp3) is 0.0833. The summed E-state index contributed by atoms with van der Waals surface area (Å²) >= 11 is 2.58. The molecule has 34 heavy (non-hydrogen) atoms. The summed E-state index contributed by atoms with van der Waals surface area (Å²) < 4.78 is 56.1. The highest BCUT2D eigenvalue weighted by Gasteiger charge is 2.17. The summed E-state index contributed by atoms with van der Waals surface area (Å²) in [5, 5.41) is 3.49. The molecule has 174 valence electrons. The van der Waals surface area contributed by atoms with E-state index in [1.807, 2.05) is 13.8 Å². The van der Waals surface area contributed by atoms with E-state index in [9.17, 15) is 16.8 Å². The van der Waals surface area contributed by atoms with Crippen LogP contribution in [0.2, 0.25) is 0 Å². The first kappa shape index (κ1) is 24.0. The van der Waals surface area contributed by atoms with E-state index < -0.39 is 20.0 Å². The Morgan fingerprint density at radius 1 is 0.588 bits per heavy atom. The maximum absolute atomic E-state index is 12.7. The third kappa shape index (κ3) is 5.51. The highest BCUT2D eigenvalue weighted by Crippen LogP contribution is 2.27. The van der Waals surface area contributed by atoms with Gasteiger partial charge in [-0.1, -0.05) is 35.4 Å². The Balaban J connectivity index is 1.56. The fourth-order valence-corrected chi connectivity index (χ4v) is 6.59. The Morgan fingerprint density at radius 3 is 1.29 bits per heavy atom. The van der Waals surface area contributed by atoms with E-state index in [-0.39, 0.29) is 9.79 Å². The SMILES string of the molecule is Cc1ccc(S(=O)(=O)Nc2ccsc2C#Cc2sccc2NS(=O)(=O)c2ccc(C)cc2)cc1. The first-order valence-electron chi connectivity index (χ1n) is 10.00. The number of anilines is 2. The quantitative estimate of drug-likeness (QED) is 0.327. The molecule has 0 radical (unpaired) electrons. The number of hydrogen-bond acceptors (Lipinski definition) is 6. The zero-order valence-corrected chi connectivity index (χ0v) is 21.5. The van der Waals surface area contributed by atoms with Gasteiger partial charge >= 0.3 is 0 Å². The molecule has 4 rings (SSSR count). The van der Waals surface area contributed by atoms with Crippen molar-refractivity contribution in [3.8, 4) is 11.8 Å². The number of rotatable bonds is 6. The van der Waals surface area contributed by atoms with Gasteiger partial charge in [-0.05, 0) is 72.8 Å². The summed E-state index contributed by atoms with van der Waals surface area (Å²) in [5.41, 5.74) is 2.67. The van der Waals surface area contributed by atoms with E-state index in [1.54, 1.807) is 71.4 Å². The van der Waals surface area contributed by atoms with Crippen LogP contribution in [0, 0.1) is 25.7 Å². The monoisotopic (exact) mass is 528 g/mol. The lowest BCUT2D eigenvalue weighted by Crippen LogP contribution is -2.13. The summed E-state index contributed by atoms with van der Waals surface area (Å²) in [6.07, 6.45) is 0. The van der Waals surface area contributed by atoms with Crippen LogP contribution >= 0.6 is 22.7 Å². The Bertz CT molecular complexity index is 1470. The minimum absolute atomic E-state index is 0.161. The Kier molecular flexibility index (Phi) is 6.81. The second kappa shape index (κ2) is 9.64. The van der Waals surface area contributed by atoms with Gasteiger partial charge < -0.3 is 0 Å². The van der Waals surface area contributed by atoms with Crippen molar-refractivity contribution in [3.05, 3.63) is 92.3 Å². The topological polar surface area (TPSA) is 92.3 Å². The molecule has 0 aliphatic heterocycles. The zero-order chi connectivity index (χ0) is 24.3. The van der Waals surface area contributed by atoms with Gasteiger partial charge in [-0.3, -0.25) is 9.44 Å². The van der Waals surface area contributed by atoms with Gasteiger partial charge in [0.1, 0.15) is 9.75 Å². The van der Waals surface area contributed by atoms with Gasteiger partial charge in [0.15, 0.2) is 0 Å². The van der Waals surface area contributed by atoms with Crippen molar-refractivity contribution >= 4 is 54.1 Å². The van der Waals surface area contributed by atoms with Crippen LogP contribution in [0.1, 0.15) is 20.9 Å². The van der Waals surface area contributed by atoms with Crippen molar-refractivity contribution in [2.24, 2.45) is 0 Å². The molecule has 0 amide bonds. The van der Waals surface area contributed by atoms with E-state index in [0.717, 1.165) is 11.1 Å². The van der Waals surface area contributed by atoms with Crippen molar-refractivity contribution in [2.45, 2.75) is 23.6 Å². The lowest BCUT2D eigenvalue weighted by molar-refractivity contribution is 0.599. The molecule has 0 bridgehead atoms. The van der Waals surface area contributed by atoms with Crippen molar-refractivity contribution in [1.82, 2.24) is 0 Å². The smallest absolute Gasteiger partial charge is 0.261 e. The fourth-order valence-electron chi connectivity index (χ4n) is 2.93. The molecular weight excluding hydrogens is 509 g/mol. The molecule has 10 heteroatoms. The van der Waals surface area contributed by atoms with E-state index in [2.05, 4.69) is 21.3 Å². The Labute approximate surface area is 207 Å². The molecule has 0 saturated carbocycles. The van der Waals surface area contributed by atoms with Crippen molar-refractivity contribution in [2.75, 3.05) is 9.44 Å². The highest BCUT2D eigenvalue weighted by atomic mass is 32.2. The van der Waals surface area contributed by atoms with Gasteiger partial charge in [-0.2, -0.15) is 0 Å². The molecule has 0 saturated heterocycles. The first-order chi connectivity index (χ1) is 16.1. The molecule has 4 aromatic rings. The highest BCUT2D eigenvalue weighted by molar-refractivity contribution is 7.93. The Morgan fingerprint density at radius 2 is 0.941 bits per heavy atom. The van der Waals surface area contributed by atoms with E-state index in [4.69, 9.17) is 0 Å². The number of aryl methyl sites for hydroxylation is 2. The lowest BCUT2D eigenvalue weighted by atomic mass is 10.2. The average Bonchev–Trinajstić information content (AvgIpc) is 3.41. The molecule has 0 fully saturated rings. The van der Waals surface area contributed by atoms with Gasteiger partial charge in [0.2, 0.25) is 0 Å². The van der Waals surface area contributed by atoms with E-state index in [0.29, 0.717) is 21.1 Å². The Hall–Kier alpha value is -3.10. The van der Waals surface area contributed by atoms with Crippen LogP contribution in [0.15, 0.2) is 81.2 Å². The standard InChI is InChI=1S/C24H20N2O4S4/c1-17-3-7-19(8-4-17)33(27,28)25-21-13-15-31-23(21)11-12-24-22(14-16-32-24)26-34(29,30)20-9-5-18(2)6-10-20/h3-10,13-16,25-26H,1-2H3. The van der Waals surface area contributed by atoms with Crippen LogP contribution in [0.5, 0.6) is 0 Å². The predicted octanol–water partition coefficient (Wildman–Crippen LogP) is 5.43. The lowest BCUT2D eigenvalue weighted by Gasteiger charge is -2.08. The molecule has 2 N–H and O–H groups in total. The van der Waals surface area contributed by atoms with Crippen LogP contribution in [-0.4, -0.2) is 16.8 Å². The minimum Gasteiger partial charge on any atom is -0.277 e. The summed E-state index contributed by atoms with van der Waals surface area (Å²) in [5.74, 6) is 5.94. The van der Waals surface area contributed by atoms with Crippen molar-refractivity contribution in [1.29, 1.82) is 0 Å². The van der Waals surface area contributed by atoms with Crippen LogP contribution in [-0.2, 0) is 20.0 Å². The molecule has 0 aliphatic carbocycles. The molecule has 2 aromatic carbocycles. The number of thiophene rings is 2. The van der Waals surface area contributed by atoms with Crippen molar-refractivity contribution < 1.29 is 16.8 Å². The second-order valence-corrected chi connectivity index (χ2v) is 12.6. The summed E-state index contributed by atoms with van der Waals surface area (Å²) in [4.78, 5) is 1.37. The molecule has 0 spiro atoms. The van der Waals surface area contributed by atoms with Crippen molar-refractivity contribution in [3.63, 3.8) is 0 Å². The zero-order valence-electron chi connectivity index (χ0n) is 18.2. The minimum atomic E-state index is -3.76. The predicted molar refractivity (Wildman–Crippen MR) is 139 cm³/mol. The molecule has 0 unspecified atom stereocenters. The summed E-state index contributed by atoms with van der Waals surface area (Å²) in [6, 6.07) is 16.4. The number of hydrogen-bond donors (Lipinski definition) is 2. The van der Waals surface area contributed by atoms with Crippen LogP contribution in [0.25, 0.3) is 0 Å². The maximum atomic E-state index is 12.7. The van der Waals surface area contributed by atoms with E-state index in [1.165, 1.54) is 22.7 Å². The van der Waals surface area contributed by atoms with E-state index >= 15 is 0 Å². The maximum Gasteiger partial charge on any atom is 0.261 e. The second-order valence-electron chi connectivity index (χ2n) is 7.41. The summed E-state index contributed by atoms with van der Waals surface area (Å²) in [6.45, 7) is 3.77. The largest absolute Gasteiger partial charge is 0.277 e. The third-order valence-corrected chi connectivity index (χ3v) is 9.19. The normalized spacial score (nSPS) is 11.5. The number of benzene rings is 2. The number of sulfonamides is 2. The molecular formula is C24H20N2O4S4. The van der Waals surface area contributed by atoms with Gasteiger partial charge in [0.05, 0.1) is 21.2 Å². The van der Waals surface area contributed by atoms with Crippen LogP contribution < -0.4 is 9.44 Å². The number of nitrogens with one attached hydrogen (secondary N) is 2. The molecule has 0 atom stereocenters. The third-order valence-electron chi connectivity index (χ3n) is 4.77.